The van der Waals surface area contributed by atoms with Gasteiger partial charge in [-0.3, -0.25) is 0 Å². The molecule has 252 valence electrons. The molecule has 20 atom stereocenters. The van der Waals surface area contributed by atoms with E-state index in [1.54, 1.807) is 0 Å². The van der Waals surface area contributed by atoms with Crippen molar-refractivity contribution in [3.8, 4) is 0 Å². The normalized spacial score (nSPS) is 55.0. The van der Waals surface area contributed by atoms with Crippen LogP contribution in [-0.4, -0.2) is 207 Å². The summed E-state index contributed by atoms with van der Waals surface area (Å²) in [7, 11) is 0. The van der Waals surface area contributed by atoms with Gasteiger partial charge in [-0.05, 0) is 13.8 Å². The number of hydrogen-bond donors (Lipinski definition) is 13. The Kier molecular flexibility index (Phi) is 11.4. The van der Waals surface area contributed by atoms with Crippen molar-refractivity contribution in [2.75, 3.05) is 13.2 Å². The Bertz CT molecular complexity index is 870. The highest BCUT2D eigenvalue weighted by molar-refractivity contribution is 5.04. The van der Waals surface area contributed by atoms with Crippen LogP contribution in [0.15, 0.2) is 0 Å². The fraction of sp³-hybridized carbons (Fsp3) is 1.00. The molecule has 4 aliphatic rings. The minimum Gasteiger partial charge on any atom is -0.394 e. The van der Waals surface area contributed by atoms with Crippen LogP contribution in [0.4, 0.5) is 0 Å². The molecule has 19 nitrogen and oxygen atoms in total. The second-order valence-corrected chi connectivity index (χ2v) is 11.4. The molecule has 3 unspecified atom stereocenters. The molecule has 43 heavy (non-hydrogen) atoms. The van der Waals surface area contributed by atoms with E-state index in [-0.39, 0.29) is 0 Å². The molecule has 4 aliphatic heterocycles. The molecule has 4 rings (SSSR count). The van der Waals surface area contributed by atoms with Crippen molar-refractivity contribution in [3.05, 3.63) is 0 Å². The maximum atomic E-state index is 11.6. The minimum absolute atomic E-state index is 0.806. The van der Waals surface area contributed by atoms with Crippen molar-refractivity contribution in [3.63, 3.8) is 0 Å². The molecule has 19 heteroatoms. The van der Waals surface area contributed by atoms with Gasteiger partial charge in [0.1, 0.15) is 91.8 Å². The van der Waals surface area contributed by atoms with Gasteiger partial charge in [-0.15, -0.1) is 0 Å². The zero-order valence-electron chi connectivity index (χ0n) is 23.3. The highest BCUT2D eigenvalue weighted by atomic mass is 16.7. The number of aliphatic hydroxyl groups excluding tert-OH is 13. The van der Waals surface area contributed by atoms with Crippen LogP contribution in [0.3, 0.4) is 0 Å². The van der Waals surface area contributed by atoms with Crippen LogP contribution in [0.2, 0.25) is 0 Å². The van der Waals surface area contributed by atoms with E-state index in [4.69, 9.17) is 23.7 Å². The molecular formula is C24H43NO18. The van der Waals surface area contributed by atoms with E-state index in [2.05, 4.69) is 0 Å². The fourth-order valence-electron chi connectivity index (χ4n) is 5.93. The molecule has 4 saturated heterocycles. The first-order valence-electron chi connectivity index (χ1n) is 13.9. The van der Waals surface area contributed by atoms with E-state index in [1.165, 1.54) is 13.8 Å². The number of aliphatic hydroxyl groups is 13. The molecule has 0 amide bonds. The Hall–Kier alpha value is -0.760. The summed E-state index contributed by atoms with van der Waals surface area (Å²) in [4.78, 5) is 0.832. The van der Waals surface area contributed by atoms with Crippen LogP contribution < -0.4 is 0 Å². The fourth-order valence-corrected chi connectivity index (χ4v) is 5.93. The zero-order chi connectivity index (χ0) is 32.1. The molecule has 0 radical (unpaired) electrons. The van der Waals surface area contributed by atoms with Crippen LogP contribution in [0.5, 0.6) is 0 Å². The standard InChI is InChI=1S/C24H43NO18/c1-5-10(28)14(32)17(35)21(39-5)25(22-18(36)15(33)11(29)6(2)40-22)9-13(31)20(8(4-27)41-23(9)38)43-24-19(37)16(34)12(30)7(3-26)42-24/h5-24,26-38H,3-4H2,1-2H3/t5-,6-,7+,8+,9+,10+,11+,12-,13+,14+,15+,16-,17-,18-,19+,20+,21?,22?,23?,24-/m0/s1. The van der Waals surface area contributed by atoms with Gasteiger partial charge >= 0.3 is 0 Å². The number of ether oxygens (including phenoxy) is 5. The maximum absolute atomic E-state index is 11.6. The van der Waals surface area contributed by atoms with E-state index >= 15 is 0 Å². The van der Waals surface area contributed by atoms with Gasteiger partial charge in [0, 0.05) is 0 Å². The SMILES string of the molecule is C[C@@H]1OC(N(C2O[C@@H](C)[C@@H](O)[C@@H](O)[C@@H]2O)[C@H]2C(O)O[C@H](CO)[C@@H](O[C@@H]3O[C@H](CO)[C@H](O)[C@H](O)[C@H]3O)[C@@H]2O)[C@@H](O)[C@H](O)[C@@H]1O. The smallest absolute Gasteiger partial charge is 0.187 e. The van der Waals surface area contributed by atoms with Crippen molar-refractivity contribution >= 4 is 0 Å². The lowest BCUT2D eigenvalue weighted by Crippen LogP contribution is -2.76. The first-order chi connectivity index (χ1) is 20.2. The molecule has 0 aromatic heterocycles. The monoisotopic (exact) mass is 633 g/mol. The molecule has 0 bridgehead atoms. The van der Waals surface area contributed by atoms with Gasteiger partial charge in [-0.2, -0.15) is 0 Å². The van der Waals surface area contributed by atoms with Gasteiger partial charge in [-0.1, -0.05) is 0 Å². The first-order valence-corrected chi connectivity index (χ1v) is 13.9. The van der Waals surface area contributed by atoms with Crippen molar-refractivity contribution in [2.45, 2.75) is 136 Å². The Morgan fingerprint density at radius 3 is 1.44 bits per heavy atom. The number of rotatable bonds is 7. The molecule has 0 aromatic carbocycles. The van der Waals surface area contributed by atoms with Crippen molar-refractivity contribution in [1.82, 2.24) is 4.90 Å². The van der Waals surface area contributed by atoms with E-state index in [9.17, 15) is 66.4 Å². The first kappa shape index (κ1) is 35.1. The number of nitrogens with zero attached hydrogens (tertiary/aromatic N) is 1. The van der Waals surface area contributed by atoms with Gasteiger partial charge in [0.15, 0.2) is 12.6 Å². The Labute approximate surface area is 245 Å². The van der Waals surface area contributed by atoms with Crippen molar-refractivity contribution in [1.29, 1.82) is 0 Å². The van der Waals surface area contributed by atoms with Gasteiger partial charge < -0.3 is 90.1 Å². The van der Waals surface area contributed by atoms with Crippen LogP contribution in [0, 0.1) is 0 Å². The summed E-state index contributed by atoms with van der Waals surface area (Å²) in [6.07, 6.45) is -33.0. The third-order valence-corrected chi connectivity index (χ3v) is 8.56. The Morgan fingerprint density at radius 2 is 0.977 bits per heavy atom. The molecular weight excluding hydrogens is 590 g/mol. The highest BCUT2D eigenvalue weighted by Crippen LogP contribution is 2.37. The van der Waals surface area contributed by atoms with E-state index in [0.717, 1.165) is 4.90 Å². The summed E-state index contributed by atoms with van der Waals surface area (Å²) >= 11 is 0. The van der Waals surface area contributed by atoms with Crippen LogP contribution in [0.25, 0.3) is 0 Å². The van der Waals surface area contributed by atoms with Crippen LogP contribution in [0.1, 0.15) is 13.8 Å². The second kappa shape index (κ2) is 13.9. The van der Waals surface area contributed by atoms with Gasteiger partial charge in [-0.25, -0.2) is 4.90 Å². The predicted molar refractivity (Wildman–Crippen MR) is 133 cm³/mol. The third kappa shape index (κ3) is 6.45. The summed E-state index contributed by atoms with van der Waals surface area (Å²) in [5.74, 6) is 0. The van der Waals surface area contributed by atoms with Gasteiger partial charge in [0.05, 0.1) is 31.5 Å². The summed E-state index contributed by atoms with van der Waals surface area (Å²) in [6, 6.07) is -1.86. The molecule has 13 N–H and O–H groups in total. The summed E-state index contributed by atoms with van der Waals surface area (Å²) in [5.41, 5.74) is 0. The quantitative estimate of drug-likeness (QED) is 0.124. The summed E-state index contributed by atoms with van der Waals surface area (Å²) in [5, 5.41) is 136. The predicted octanol–water partition coefficient (Wildman–Crippen LogP) is -8.43. The average molecular weight is 634 g/mol. The minimum atomic E-state index is -2.09. The average Bonchev–Trinajstić information content (AvgIpc) is 2.98. The molecule has 4 fully saturated rings. The number of hydrogen-bond acceptors (Lipinski definition) is 19. The zero-order valence-corrected chi connectivity index (χ0v) is 23.3. The van der Waals surface area contributed by atoms with E-state index in [0.29, 0.717) is 0 Å². The molecule has 0 aliphatic carbocycles. The van der Waals surface area contributed by atoms with E-state index in [1.807, 2.05) is 0 Å². The van der Waals surface area contributed by atoms with E-state index < -0.39 is 136 Å². The van der Waals surface area contributed by atoms with Crippen LogP contribution >= 0.6 is 0 Å². The highest BCUT2D eigenvalue weighted by Gasteiger charge is 2.59. The molecule has 4 heterocycles. The maximum Gasteiger partial charge on any atom is 0.187 e. The van der Waals surface area contributed by atoms with Gasteiger partial charge in [0.2, 0.25) is 0 Å². The Morgan fingerprint density at radius 1 is 0.512 bits per heavy atom. The molecule has 0 spiro atoms. The van der Waals surface area contributed by atoms with Crippen molar-refractivity contribution in [2.24, 2.45) is 0 Å². The lowest BCUT2D eigenvalue weighted by atomic mass is 9.90. The van der Waals surface area contributed by atoms with Gasteiger partial charge in [0.25, 0.3) is 0 Å². The van der Waals surface area contributed by atoms with Crippen LogP contribution in [-0.2, 0) is 23.7 Å². The Balaban J connectivity index is 1.72. The largest absolute Gasteiger partial charge is 0.394 e. The summed E-state index contributed by atoms with van der Waals surface area (Å²) < 4.78 is 27.9. The lowest BCUT2D eigenvalue weighted by Gasteiger charge is -2.56. The second-order valence-electron chi connectivity index (χ2n) is 11.4. The summed E-state index contributed by atoms with van der Waals surface area (Å²) in [6.45, 7) is 0.972. The lowest BCUT2D eigenvalue weighted by molar-refractivity contribution is -0.377. The van der Waals surface area contributed by atoms with Crippen molar-refractivity contribution < 1.29 is 90.1 Å². The third-order valence-electron chi connectivity index (χ3n) is 8.56. The molecule has 0 aromatic rings. The molecule has 0 saturated carbocycles. The topological polar surface area (TPSA) is 312 Å².